The molecule has 0 radical (unpaired) electrons. The number of amides is 1. The van der Waals surface area contributed by atoms with Crippen molar-refractivity contribution in [3.8, 4) is 5.75 Å². The second kappa shape index (κ2) is 8.72. The van der Waals surface area contributed by atoms with Gasteiger partial charge in [-0.3, -0.25) is 9.69 Å². The van der Waals surface area contributed by atoms with E-state index in [-0.39, 0.29) is 5.91 Å². The van der Waals surface area contributed by atoms with Crippen molar-refractivity contribution in [3.63, 3.8) is 0 Å². The van der Waals surface area contributed by atoms with E-state index < -0.39 is 0 Å². The van der Waals surface area contributed by atoms with E-state index in [1.165, 1.54) is 11.3 Å². The van der Waals surface area contributed by atoms with Gasteiger partial charge in [0, 0.05) is 31.9 Å². The summed E-state index contributed by atoms with van der Waals surface area (Å²) in [7, 11) is 0. The maximum atomic E-state index is 12.4. The van der Waals surface area contributed by atoms with E-state index >= 15 is 0 Å². The number of ether oxygens (including phenoxy) is 1. The lowest BCUT2D eigenvalue weighted by molar-refractivity contribution is -0.117. The summed E-state index contributed by atoms with van der Waals surface area (Å²) in [6.45, 7) is 8.71. The number of rotatable bonds is 6. The average Bonchev–Trinajstić information content (AvgIpc) is 2.65. The first-order valence-corrected chi connectivity index (χ1v) is 9.22. The summed E-state index contributed by atoms with van der Waals surface area (Å²) < 4.78 is 5.57. The Morgan fingerprint density at radius 3 is 2.46 bits per heavy atom. The maximum absolute atomic E-state index is 12.4. The van der Waals surface area contributed by atoms with Gasteiger partial charge >= 0.3 is 0 Å². The van der Waals surface area contributed by atoms with Gasteiger partial charge in [0.1, 0.15) is 5.75 Å². The fraction of sp³-hybridized carbons (Fsp3) is 0.381. The first kappa shape index (κ1) is 18.3. The van der Waals surface area contributed by atoms with Crippen LogP contribution in [0.1, 0.15) is 12.5 Å². The zero-order chi connectivity index (χ0) is 18.4. The fourth-order valence-electron chi connectivity index (χ4n) is 3.31. The molecule has 0 aromatic heterocycles. The predicted octanol–water partition coefficient (Wildman–Crippen LogP) is 3.15. The molecule has 0 aliphatic carbocycles. The van der Waals surface area contributed by atoms with Crippen molar-refractivity contribution < 1.29 is 9.53 Å². The van der Waals surface area contributed by atoms with Crippen LogP contribution < -0.4 is 15.0 Å². The van der Waals surface area contributed by atoms with Crippen LogP contribution in [0, 0.1) is 6.92 Å². The highest BCUT2D eigenvalue weighted by molar-refractivity contribution is 5.93. The molecule has 3 rings (SSSR count). The van der Waals surface area contributed by atoms with Gasteiger partial charge in [-0.25, -0.2) is 0 Å². The van der Waals surface area contributed by atoms with Gasteiger partial charge in [-0.2, -0.15) is 0 Å². The van der Waals surface area contributed by atoms with Crippen molar-refractivity contribution in [2.45, 2.75) is 13.8 Å². The van der Waals surface area contributed by atoms with Crippen LogP contribution in [0.5, 0.6) is 5.75 Å². The number of carbonyl (C=O) groups is 1. The Morgan fingerprint density at radius 2 is 1.73 bits per heavy atom. The molecule has 1 heterocycles. The molecule has 1 aliphatic rings. The standard InChI is InChI=1S/C21H27N3O2/c1-3-26-20-11-7-5-9-18(20)22-21(25)16-23-12-14-24(15-13-23)19-10-6-4-8-17(19)2/h4-11H,3,12-16H2,1-2H3,(H,22,25). The van der Waals surface area contributed by atoms with Gasteiger partial charge in [-0.1, -0.05) is 30.3 Å². The quantitative estimate of drug-likeness (QED) is 0.866. The van der Waals surface area contributed by atoms with E-state index in [4.69, 9.17) is 4.74 Å². The number of aryl methyl sites for hydroxylation is 1. The highest BCUT2D eigenvalue weighted by Crippen LogP contribution is 2.24. The molecular formula is C21H27N3O2. The van der Waals surface area contributed by atoms with E-state index in [2.05, 4.69) is 46.3 Å². The summed E-state index contributed by atoms with van der Waals surface area (Å²) in [5, 5.41) is 2.98. The molecule has 5 heteroatoms. The molecule has 2 aromatic carbocycles. The number of nitrogens with one attached hydrogen (secondary N) is 1. The molecular weight excluding hydrogens is 326 g/mol. The Morgan fingerprint density at radius 1 is 1.04 bits per heavy atom. The first-order chi connectivity index (χ1) is 12.7. The van der Waals surface area contributed by atoms with Gasteiger partial charge in [0.2, 0.25) is 5.91 Å². The largest absolute Gasteiger partial charge is 0.492 e. The third kappa shape index (κ3) is 4.55. The minimum Gasteiger partial charge on any atom is -0.492 e. The Hall–Kier alpha value is -2.53. The number of benzene rings is 2. The number of piperazine rings is 1. The number of para-hydroxylation sites is 3. The highest BCUT2D eigenvalue weighted by Gasteiger charge is 2.20. The van der Waals surface area contributed by atoms with Gasteiger partial charge in [-0.05, 0) is 37.6 Å². The molecule has 1 N–H and O–H groups in total. The van der Waals surface area contributed by atoms with Gasteiger partial charge in [-0.15, -0.1) is 0 Å². The van der Waals surface area contributed by atoms with Crippen LogP contribution >= 0.6 is 0 Å². The number of carbonyl (C=O) groups excluding carboxylic acids is 1. The molecule has 0 unspecified atom stereocenters. The number of anilines is 2. The third-order valence-electron chi connectivity index (χ3n) is 4.66. The summed E-state index contributed by atoms with van der Waals surface area (Å²) in [5.74, 6) is 0.717. The zero-order valence-corrected chi connectivity index (χ0v) is 15.6. The van der Waals surface area contributed by atoms with E-state index in [0.29, 0.717) is 18.9 Å². The normalized spacial score (nSPS) is 14.9. The summed E-state index contributed by atoms with van der Waals surface area (Å²) in [6.07, 6.45) is 0. The summed E-state index contributed by atoms with van der Waals surface area (Å²) in [6, 6.07) is 16.0. The van der Waals surface area contributed by atoms with Crippen LogP contribution in [-0.4, -0.2) is 50.1 Å². The van der Waals surface area contributed by atoms with Crippen LogP contribution in [0.15, 0.2) is 48.5 Å². The molecule has 0 bridgehead atoms. The molecule has 0 atom stereocenters. The van der Waals surface area contributed by atoms with Crippen molar-refractivity contribution in [3.05, 3.63) is 54.1 Å². The maximum Gasteiger partial charge on any atom is 0.238 e. The van der Waals surface area contributed by atoms with Crippen molar-refractivity contribution in [1.82, 2.24) is 4.90 Å². The second-order valence-corrected chi connectivity index (χ2v) is 6.53. The van der Waals surface area contributed by atoms with E-state index in [1.807, 2.05) is 31.2 Å². The van der Waals surface area contributed by atoms with Crippen molar-refractivity contribution in [1.29, 1.82) is 0 Å². The van der Waals surface area contributed by atoms with Gasteiger partial charge in [0.15, 0.2) is 0 Å². The Balaban J connectivity index is 1.52. The minimum atomic E-state index is 0.00138. The monoisotopic (exact) mass is 353 g/mol. The van der Waals surface area contributed by atoms with Crippen LogP contribution in [0.4, 0.5) is 11.4 Å². The molecule has 0 saturated carbocycles. The van der Waals surface area contributed by atoms with E-state index in [9.17, 15) is 4.79 Å². The van der Waals surface area contributed by atoms with Gasteiger partial charge in [0.25, 0.3) is 0 Å². The highest BCUT2D eigenvalue weighted by atomic mass is 16.5. The first-order valence-electron chi connectivity index (χ1n) is 9.22. The predicted molar refractivity (Wildman–Crippen MR) is 106 cm³/mol. The minimum absolute atomic E-state index is 0.00138. The Bertz CT molecular complexity index is 740. The lowest BCUT2D eigenvalue weighted by Crippen LogP contribution is -2.48. The molecule has 1 saturated heterocycles. The van der Waals surface area contributed by atoms with Crippen molar-refractivity contribution >= 4 is 17.3 Å². The number of hydrogen-bond acceptors (Lipinski definition) is 4. The number of nitrogens with zero attached hydrogens (tertiary/aromatic N) is 2. The Kier molecular flexibility index (Phi) is 6.12. The van der Waals surface area contributed by atoms with Gasteiger partial charge in [0.05, 0.1) is 18.8 Å². The molecule has 1 aliphatic heterocycles. The van der Waals surface area contributed by atoms with E-state index in [1.54, 1.807) is 0 Å². The summed E-state index contributed by atoms with van der Waals surface area (Å²) in [4.78, 5) is 17.0. The molecule has 2 aromatic rings. The molecule has 1 fully saturated rings. The molecule has 5 nitrogen and oxygen atoms in total. The lowest BCUT2D eigenvalue weighted by Gasteiger charge is -2.36. The van der Waals surface area contributed by atoms with Crippen molar-refractivity contribution in [2.75, 3.05) is 49.5 Å². The molecule has 26 heavy (non-hydrogen) atoms. The summed E-state index contributed by atoms with van der Waals surface area (Å²) >= 11 is 0. The Labute approximate surface area is 155 Å². The summed E-state index contributed by atoms with van der Waals surface area (Å²) in [5.41, 5.74) is 3.33. The van der Waals surface area contributed by atoms with E-state index in [0.717, 1.165) is 31.9 Å². The topological polar surface area (TPSA) is 44.8 Å². The fourth-order valence-corrected chi connectivity index (χ4v) is 3.31. The SMILES string of the molecule is CCOc1ccccc1NC(=O)CN1CCN(c2ccccc2C)CC1. The van der Waals surface area contributed by atoms with Crippen molar-refractivity contribution in [2.24, 2.45) is 0 Å². The van der Waals surface area contributed by atoms with Gasteiger partial charge < -0.3 is 15.0 Å². The molecule has 0 spiro atoms. The smallest absolute Gasteiger partial charge is 0.238 e. The zero-order valence-electron chi connectivity index (χ0n) is 15.6. The molecule has 138 valence electrons. The van der Waals surface area contributed by atoms with Crippen LogP contribution in [0.3, 0.4) is 0 Å². The second-order valence-electron chi connectivity index (χ2n) is 6.53. The number of hydrogen-bond donors (Lipinski definition) is 1. The van der Waals surface area contributed by atoms with Crippen LogP contribution in [-0.2, 0) is 4.79 Å². The lowest BCUT2D eigenvalue weighted by atomic mass is 10.1. The van der Waals surface area contributed by atoms with Crippen LogP contribution in [0.2, 0.25) is 0 Å². The molecule has 1 amide bonds. The average molecular weight is 353 g/mol. The van der Waals surface area contributed by atoms with Crippen LogP contribution in [0.25, 0.3) is 0 Å². The third-order valence-corrected chi connectivity index (χ3v) is 4.66.